The molecular formula is C19H28N2O3. The maximum absolute atomic E-state index is 12.5. The van der Waals surface area contributed by atoms with Gasteiger partial charge in [0.2, 0.25) is 0 Å². The molecule has 3 fully saturated rings. The van der Waals surface area contributed by atoms with Crippen molar-refractivity contribution in [2.75, 3.05) is 6.54 Å². The fourth-order valence-electron chi connectivity index (χ4n) is 7.28. The van der Waals surface area contributed by atoms with Gasteiger partial charge in [0, 0.05) is 24.3 Å². The molecule has 5 rings (SSSR count). The topological polar surface area (TPSA) is 73.8 Å². The third-order valence-electron chi connectivity index (χ3n) is 8.55. The van der Waals surface area contributed by atoms with E-state index in [4.69, 9.17) is 4.52 Å². The van der Waals surface area contributed by atoms with Gasteiger partial charge >= 0.3 is 0 Å². The third kappa shape index (κ3) is 1.73. The Labute approximate surface area is 143 Å². The molecule has 1 aromatic heterocycles. The Hall–Kier alpha value is -0.910. The van der Waals surface area contributed by atoms with Gasteiger partial charge in [0.05, 0.1) is 18.3 Å². The van der Waals surface area contributed by atoms with Crippen LogP contribution in [0, 0.1) is 34.3 Å². The minimum absolute atomic E-state index is 0.0694. The lowest BCUT2D eigenvalue weighted by Crippen LogP contribution is -3.14. The number of aliphatic hydroxyl groups is 1. The Bertz CT molecular complexity index is 661. The maximum atomic E-state index is 12.5. The second kappa shape index (κ2) is 4.83. The van der Waals surface area contributed by atoms with Gasteiger partial charge in [0.25, 0.3) is 0 Å². The summed E-state index contributed by atoms with van der Waals surface area (Å²) in [6.07, 6.45) is 7.69. The van der Waals surface area contributed by atoms with Crippen LogP contribution in [0.5, 0.6) is 0 Å². The van der Waals surface area contributed by atoms with Gasteiger partial charge in [-0.05, 0) is 55.8 Å². The molecule has 0 bridgehead atoms. The van der Waals surface area contributed by atoms with E-state index in [2.05, 4.69) is 19.0 Å². The van der Waals surface area contributed by atoms with Crippen LogP contribution < -0.4 is 5.06 Å². The smallest absolute Gasteiger partial charge is 0.168 e. The number of aromatic nitrogens is 1. The Morgan fingerprint density at radius 3 is 2.88 bits per heavy atom. The highest BCUT2D eigenvalue weighted by molar-refractivity contribution is 5.26. The Balaban J connectivity index is 1.53. The molecule has 0 amide bonds. The number of nitrogens with zero attached hydrogens (tertiary/aromatic N) is 1. The van der Waals surface area contributed by atoms with Crippen molar-refractivity contribution in [2.24, 2.45) is 29.1 Å². The summed E-state index contributed by atoms with van der Waals surface area (Å²) in [4.78, 5) is 0. The zero-order chi connectivity index (χ0) is 16.7. The Morgan fingerprint density at radius 1 is 1.21 bits per heavy atom. The molecule has 0 radical (unpaired) electrons. The zero-order valence-electron chi connectivity index (χ0n) is 14.6. The van der Waals surface area contributed by atoms with E-state index < -0.39 is 6.10 Å². The Morgan fingerprint density at radius 2 is 2.04 bits per heavy atom. The van der Waals surface area contributed by atoms with Crippen LogP contribution in [0.1, 0.15) is 63.4 Å². The number of hydrogen-bond acceptors (Lipinski definition) is 4. The van der Waals surface area contributed by atoms with Crippen molar-refractivity contribution < 1.29 is 14.7 Å². The predicted molar refractivity (Wildman–Crippen MR) is 87.9 cm³/mol. The number of hydroxylamine groups is 2. The van der Waals surface area contributed by atoms with Gasteiger partial charge in [-0.1, -0.05) is 12.1 Å². The molecule has 2 N–H and O–H groups in total. The van der Waals surface area contributed by atoms with E-state index in [1.807, 2.05) is 0 Å². The number of rotatable bonds is 0. The van der Waals surface area contributed by atoms with Crippen molar-refractivity contribution in [3.63, 3.8) is 0 Å². The van der Waals surface area contributed by atoms with Crippen LogP contribution in [0.3, 0.4) is 0 Å². The summed E-state index contributed by atoms with van der Waals surface area (Å²) < 4.78 is 5.35. The molecular weight excluding hydrogens is 304 g/mol. The van der Waals surface area contributed by atoms with Crippen molar-refractivity contribution in [1.82, 2.24) is 5.16 Å². The van der Waals surface area contributed by atoms with Crippen molar-refractivity contribution in [1.29, 1.82) is 0 Å². The van der Waals surface area contributed by atoms with E-state index in [9.17, 15) is 10.3 Å². The van der Waals surface area contributed by atoms with E-state index in [-0.39, 0.29) is 16.9 Å². The third-order valence-corrected chi connectivity index (χ3v) is 8.55. The summed E-state index contributed by atoms with van der Waals surface area (Å²) in [7, 11) is 0. The molecule has 5 nitrogen and oxygen atoms in total. The molecule has 4 aliphatic rings. The van der Waals surface area contributed by atoms with Gasteiger partial charge in [0.15, 0.2) is 5.76 Å². The highest BCUT2D eigenvalue weighted by atomic mass is 16.5. The summed E-state index contributed by atoms with van der Waals surface area (Å²) >= 11 is 0. The fourth-order valence-corrected chi connectivity index (χ4v) is 7.28. The Kier molecular flexibility index (Phi) is 3.09. The summed E-state index contributed by atoms with van der Waals surface area (Å²) in [5, 5.41) is 27.8. The van der Waals surface area contributed by atoms with Crippen molar-refractivity contribution in [3.05, 3.63) is 22.7 Å². The van der Waals surface area contributed by atoms with Crippen molar-refractivity contribution in [3.8, 4) is 0 Å². The van der Waals surface area contributed by atoms with Crippen molar-refractivity contribution in [2.45, 2.75) is 64.0 Å². The lowest BCUT2D eigenvalue weighted by atomic mass is 9.46. The van der Waals surface area contributed by atoms with Crippen LogP contribution in [0.4, 0.5) is 0 Å². The molecule has 5 unspecified atom stereocenters. The SMILES string of the molecule is C[C@]12Cc3cnoc3[C@@H](O)C1CCC1C2CC[C@@]2(C)C1CC[NH+]2[O-]. The minimum atomic E-state index is -0.513. The molecule has 1 aliphatic heterocycles. The second-order valence-corrected chi connectivity index (χ2v) is 9.32. The molecule has 1 saturated heterocycles. The minimum Gasteiger partial charge on any atom is -0.634 e. The maximum Gasteiger partial charge on any atom is 0.168 e. The first-order valence-corrected chi connectivity index (χ1v) is 9.60. The molecule has 132 valence electrons. The highest BCUT2D eigenvalue weighted by Gasteiger charge is 2.62. The van der Waals surface area contributed by atoms with E-state index in [1.54, 1.807) is 6.20 Å². The van der Waals surface area contributed by atoms with Gasteiger partial charge in [-0.25, -0.2) is 0 Å². The van der Waals surface area contributed by atoms with Crippen LogP contribution in [0.25, 0.3) is 0 Å². The van der Waals surface area contributed by atoms with Gasteiger partial charge in [0.1, 0.15) is 6.10 Å². The van der Waals surface area contributed by atoms with E-state index in [0.717, 1.165) is 50.6 Å². The number of aliphatic hydroxyl groups excluding tert-OH is 1. The predicted octanol–water partition coefficient (Wildman–Crippen LogP) is 1.87. The number of fused-ring (bicyclic) bond motifs is 6. The molecule has 24 heavy (non-hydrogen) atoms. The average molecular weight is 332 g/mol. The lowest BCUT2D eigenvalue weighted by Gasteiger charge is -2.60. The number of nitrogens with one attached hydrogen (secondary N) is 1. The van der Waals surface area contributed by atoms with Crippen LogP contribution in [0.2, 0.25) is 0 Å². The second-order valence-electron chi connectivity index (χ2n) is 9.32. The largest absolute Gasteiger partial charge is 0.634 e. The highest BCUT2D eigenvalue weighted by Crippen LogP contribution is 2.63. The van der Waals surface area contributed by atoms with Gasteiger partial charge < -0.3 is 19.9 Å². The monoisotopic (exact) mass is 332 g/mol. The number of quaternary nitrogens is 1. The van der Waals surface area contributed by atoms with Crippen LogP contribution >= 0.6 is 0 Å². The summed E-state index contributed by atoms with van der Waals surface area (Å²) in [5.41, 5.74) is 1.13. The van der Waals surface area contributed by atoms with Gasteiger partial charge in [-0.2, -0.15) is 0 Å². The standard InChI is InChI=1S/C19H28N2O3/c1-18-9-11-10-20-24-17(11)16(22)15(18)4-3-12-13(18)5-7-19(2)14(12)6-8-21(19)23/h10,12-16,21-22H,3-9H2,1-2H3/t12?,13?,14?,15?,16-,18+,19-/m0/s1. The number of hydrogen-bond donors (Lipinski definition) is 2. The molecule has 5 heteroatoms. The summed E-state index contributed by atoms with van der Waals surface area (Å²) in [6.45, 7) is 5.39. The van der Waals surface area contributed by atoms with Gasteiger partial charge in [-0.15, -0.1) is 0 Å². The van der Waals surface area contributed by atoms with E-state index in [0.29, 0.717) is 28.6 Å². The van der Waals surface area contributed by atoms with E-state index >= 15 is 0 Å². The average Bonchev–Trinajstić information content (AvgIpc) is 3.12. The van der Waals surface area contributed by atoms with Crippen LogP contribution in [-0.4, -0.2) is 22.3 Å². The fraction of sp³-hybridized carbons (Fsp3) is 0.842. The normalized spacial score (nSPS) is 53.0. The molecule has 1 aromatic rings. The molecule has 2 saturated carbocycles. The first-order chi connectivity index (χ1) is 11.4. The molecule has 8 atom stereocenters. The zero-order valence-corrected chi connectivity index (χ0v) is 14.6. The molecule has 0 aromatic carbocycles. The summed E-state index contributed by atoms with van der Waals surface area (Å²) in [6, 6.07) is 0. The molecule has 2 heterocycles. The summed E-state index contributed by atoms with van der Waals surface area (Å²) in [5.74, 6) is 2.78. The lowest BCUT2D eigenvalue weighted by molar-refractivity contribution is -0.893. The van der Waals surface area contributed by atoms with Gasteiger partial charge in [-0.3, -0.25) is 0 Å². The van der Waals surface area contributed by atoms with E-state index in [1.165, 1.54) is 0 Å². The van der Waals surface area contributed by atoms with Crippen LogP contribution in [-0.2, 0) is 6.42 Å². The molecule has 0 spiro atoms. The van der Waals surface area contributed by atoms with Crippen molar-refractivity contribution >= 4 is 0 Å². The first-order valence-electron chi connectivity index (χ1n) is 9.60. The van der Waals surface area contributed by atoms with Crippen LogP contribution in [0.15, 0.2) is 10.7 Å². The molecule has 3 aliphatic carbocycles. The first kappa shape index (κ1) is 15.4. The quantitative estimate of drug-likeness (QED) is 0.711.